The van der Waals surface area contributed by atoms with E-state index in [0.29, 0.717) is 5.90 Å². The van der Waals surface area contributed by atoms with Crippen molar-refractivity contribution in [3.63, 3.8) is 0 Å². The number of ether oxygens (including phenoxy) is 1. The van der Waals surface area contributed by atoms with E-state index < -0.39 is 0 Å². The maximum Gasteiger partial charge on any atom is 2.00 e. The number of hydrogen-bond acceptors (Lipinski definition) is 3. The summed E-state index contributed by atoms with van der Waals surface area (Å²) in [7, 11) is 0. The molecule has 1 aliphatic heterocycles. The van der Waals surface area contributed by atoms with Gasteiger partial charge in [-0.3, -0.25) is 4.99 Å². The van der Waals surface area contributed by atoms with Crippen molar-refractivity contribution in [1.82, 2.24) is 9.55 Å². The number of nitrogens with zero attached hydrogens (tertiary/aromatic N) is 3. The minimum atomic E-state index is -0.225. The fraction of sp³-hybridized carbons (Fsp3) is 0.100. The van der Waals surface area contributed by atoms with Crippen LogP contribution in [0.2, 0.25) is 0 Å². The second kappa shape index (κ2) is 12.0. The van der Waals surface area contributed by atoms with Crippen molar-refractivity contribution in [2.45, 2.75) is 26.0 Å². The molecule has 0 aliphatic carbocycles. The van der Waals surface area contributed by atoms with Crippen LogP contribution in [0.3, 0.4) is 0 Å². The smallest absolute Gasteiger partial charge is 0.510 e. The predicted octanol–water partition coefficient (Wildman–Crippen LogP) is 9.32. The van der Waals surface area contributed by atoms with Crippen LogP contribution in [0.4, 0.5) is 0 Å². The van der Waals surface area contributed by atoms with Gasteiger partial charge in [-0.1, -0.05) is 108 Å². The summed E-state index contributed by atoms with van der Waals surface area (Å²) < 4.78 is 8.93. The van der Waals surface area contributed by atoms with Gasteiger partial charge in [-0.2, -0.15) is 0 Å². The molecule has 8 rings (SSSR count). The quantitative estimate of drug-likeness (QED) is 0.164. The van der Waals surface area contributed by atoms with Gasteiger partial charge in [0.2, 0.25) is 0 Å². The first-order valence-corrected chi connectivity index (χ1v) is 14.9. The first kappa shape index (κ1) is 28.9. The molecule has 220 valence electrons. The molecule has 45 heavy (non-hydrogen) atoms. The first-order valence-electron chi connectivity index (χ1n) is 14.9. The summed E-state index contributed by atoms with van der Waals surface area (Å²) in [6, 6.07) is 49.2. The van der Waals surface area contributed by atoms with Crippen LogP contribution in [0.15, 0.2) is 133 Å². The summed E-state index contributed by atoms with van der Waals surface area (Å²) in [4.78, 5) is 9.81. The molecule has 3 heterocycles. The monoisotopic (exact) mass is 762 g/mol. The molecule has 0 fully saturated rings. The SMILES string of the molecule is Cc1cc(C2=N[C@H](c3ccccc3)[C@@H](c3ccccc3)O2)[c-]c(-n2c3[c-]c(-c4cc(C)ccn4)ccc3c3ccccc32)c1.[Pt+2]. The van der Waals surface area contributed by atoms with E-state index in [1.54, 1.807) is 0 Å². The molecule has 0 spiro atoms. The Hall–Kier alpha value is -4.79. The van der Waals surface area contributed by atoms with E-state index in [1.165, 1.54) is 10.9 Å². The Morgan fingerprint density at radius 1 is 0.667 bits per heavy atom. The zero-order valence-corrected chi connectivity index (χ0v) is 27.1. The topological polar surface area (TPSA) is 39.4 Å². The number of para-hydroxylation sites is 1. The molecule has 4 nitrogen and oxygen atoms in total. The fourth-order valence-electron chi connectivity index (χ4n) is 6.24. The molecule has 0 radical (unpaired) electrons. The average molecular weight is 763 g/mol. The van der Waals surface area contributed by atoms with Crippen molar-refractivity contribution < 1.29 is 25.8 Å². The van der Waals surface area contributed by atoms with E-state index in [1.807, 2.05) is 24.4 Å². The zero-order valence-electron chi connectivity index (χ0n) is 24.8. The van der Waals surface area contributed by atoms with Gasteiger partial charge in [-0.15, -0.1) is 47.5 Å². The molecule has 0 N–H and O–H groups in total. The molecule has 5 aromatic carbocycles. The molecular weight excluding hydrogens is 734 g/mol. The van der Waals surface area contributed by atoms with Gasteiger partial charge >= 0.3 is 21.1 Å². The Kier molecular flexibility index (Phi) is 7.69. The van der Waals surface area contributed by atoms with Crippen molar-refractivity contribution >= 4 is 27.7 Å². The summed E-state index contributed by atoms with van der Waals surface area (Å²) in [6.07, 6.45) is 1.63. The van der Waals surface area contributed by atoms with Gasteiger partial charge in [0.25, 0.3) is 0 Å². The summed E-state index contributed by atoms with van der Waals surface area (Å²) >= 11 is 0. The summed E-state index contributed by atoms with van der Waals surface area (Å²) in [5.74, 6) is 0.604. The van der Waals surface area contributed by atoms with Crippen molar-refractivity contribution in [2.24, 2.45) is 4.99 Å². The number of aromatic nitrogens is 2. The number of aryl methyl sites for hydroxylation is 2. The summed E-state index contributed by atoms with van der Waals surface area (Å²) in [5, 5.41) is 2.30. The molecular formula is C40H29N3OPt. The molecule has 0 amide bonds. The Bertz CT molecular complexity index is 2190. The maximum absolute atomic E-state index is 6.68. The van der Waals surface area contributed by atoms with Crippen LogP contribution < -0.4 is 0 Å². The number of hydrogen-bond donors (Lipinski definition) is 0. The predicted molar refractivity (Wildman–Crippen MR) is 177 cm³/mol. The number of rotatable bonds is 5. The van der Waals surface area contributed by atoms with Crippen LogP contribution in [-0.2, 0) is 25.8 Å². The maximum atomic E-state index is 6.68. The Balaban J connectivity index is 0.00000325. The van der Waals surface area contributed by atoms with Crippen LogP contribution in [0.1, 0.15) is 40.0 Å². The molecule has 0 saturated heterocycles. The Morgan fingerprint density at radius 3 is 2.18 bits per heavy atom. The largest absolute Gasteiger partial charge is 2.00 e. The first-order chi connectivity index (χ1) is 21.6. The van der Waals surface area contributed by atoms with Crippen molar-refractivity contribution in [2.75, 3.05) is 0 Å². The second-order valence-corrected chi connectivity index (χ2v) is 11.4. The summed E-state index contributed by atoms with van der Waals surface area (Å²) in [6.45, 7) is 4.20. The van der Waals surface area contributed by atoms with Gasteiger partial charge in [0.15, 0.2) is 0 Å². The van der Waals surface area contributed by atoms with Crippen LogP contribution in [0, 0.1) is 26.0 Å². The molecule has 0 bridgehead atoms. The van der Waals surface area contributed by atoms with E-state index in [0.717, 1.165) is 55.6 Å². The van der Waals surface area contributed by atoms with Crippen LogP contribution in [0.5, 0.6) is 0 Å². The van der Waals surface area contributed by atoms with Crippen LogP contribution >= 0.6 is 0 Å². The van der Waals surface area contributed by atoms with Gasteiger partial charge in [-0.05, 0) is 52.5 Å². The number of aliphatic imine (C=N–C) groups is 1. The molecule has 1 aliphatic rings. The normalized spacial score (nSPS) is 15.9. The van der Waals surface area contributed by atoms with Gasteiger partial charge < -0.3 is 14.3 Å². The van der Waals surface area contributed by atoms with E-state index in [4.69, 9.17) is 9.73 Å². The van der Waals surface area contributed by atoms with E-state index >= 15 is 0 Å². The molecule has 2 aromatic heterocycles. The second-order valence-electron chi connectivity index (χ2n) is 11.4. The third kappa shape index (κ3) is 5.30. The van der Waals surface area contributed by atoms with E-state index in [2.05, 4.69) is 139 Å². The number of benzene rings is 5. The zero-order chi connectivity index (χ0) is 29.6. The number of fused-ring (bicyclic) bond motifs is 3. The van der Waals surface area contributed by atoms with Gasteiger partial charge in [0.05, 0.1) is 0 Å². The minimum absolute atomic E-state index is 0. The van der Waals surface area contributed by atoms with Crippen molar-refractivity contribution in [1.29, 1.82) is 0 Å². The molecule has 0 saturated carbocycles. The van der Waals surface area contributed by atoms with Crippen molar-refractivity contribution in [3.8, 4) is 16.9 Å². The van der Waals surface area contributed by atoms with Gasteiger partial charge in [-0.25, -0.2) is 0 Å². The van der Waals surface area contributed by atoms with Gasteiger partial charge in [0, 0.05) is 11.7 Å². The minimum Gasteiger partial charge on any atom is -0.510 e. The van der Waals surface area contributed by atoms with E-state index in [-0.39, 0.29) is 33.2 Å². The third-order valence-electron chi connectivity index (χ3n) is 8.30. The Morgan fingerprint density at radius 2 is 1.40 bits per heavy atom. The van der Waals surface area contributed by atoms with Crippen molar-refractivity contribution in [3.05, 3.63) is 167 Å². The molecule has 2 atom stereocenters. The third-order valence-corrected chi connectivity index (χ3v) is 8.30. The fourth-order valence-corrected chi connectivity index (χ4v) is 6.24. The van der Waals surface area contributed by atoms with E-state index in [9.17, 15) is 0 Å². The molecule has 7 aromatic rings. The standard InChI is InChI=1S/C40H29N3O.Pt/c1-26-19-20-41-35(23-26)30-17-18-34-33-15-9-10-16-36(33)43(37(34)25-30)32-22-27(2)21-31(24-32)40-42-38(28-11-5-3-6-12-28)39(44-40)29-13-7-4-8-14-29;/h3-23,38-39H,1-2H3;/q-2;+2/t38-,39-;/m1./s1. The van der Waals surface area contributed by atoms with Crippen LogP contribution in [-0.4, -0.2) is 15.4 Å². The number of pyridine rings is 1. The molecule has 5 heteroatoms. The average Bonchev–Trinajstić information content (AvgIpc) is 3.65. The molecule has 0 unspecified atom stereocenters. The van der Waals surface area contributed by atoms with Gasteiger partial charge in [0.1, 0.15) is 18.0 Å². The Labute approximate surface area is 277 Å². The van der Waals surface area contributed by atoms with Crippen LogP contribution in [0.25, 0.3) is 38.8 Å². The summed E-state index contributed by atoms with van der Waals surface area (Å²) in [5.41, 5.74) is 10.2.